The van der Waals surface area contributed by atoms with Crippen molar-refractivity contribution < 1.29 is 106 Å². The Bertz CT molecular complexity index is 608. The number of aliphatic carboxylic acids is 3. The minimum absolute atomic E-state index is 0. The van der Waals surface area contributed by atoms with E-state index in [1.54, 1.807) is 0 Å². The number of hydrogen-bond donors (Lipinski definition) is 15. The molecule has 0 heterocycles. The quantitative estimate of drug-likeness (QED) is 0.0702. The van der Waals surface area contributed by atoms with Crippen LogP contribution in [0.1, 0.15) is 0 Å². The molecule has 0 saturated heterocycles. The minimum Gasteiger partial charge on any atom is -0.547 e. The summed E-state index contributed by atoms with van der Waals surface area (Å²) < 4.78 is 0. The van der Waals surface area contributed by atoms with Crippen molar-refractivity contribution in [1.82, 2.24) is 0 Å². The maximum absolute atomic E-state index is 9.98. The van der Waals surface area contributed by atoms with Gasteiger partial charge in [-0.05, 0) is 0 Å². The first-order chi connectivity index (χ1) is 17.7. The maximum Gasteiger partial charge on any atom is 3.00 e. The van der Waals surface area contributed by atoms with Crippen molar-refractivity contribution in [3.8, 4) is 0 Å². The van der Waals surface area contributed by atoms with Crippen molar-refractivity contribution in [2.75, 3.05) is 19.8 Å². The molecule has 0 aromatic carbocycles. The average molecular weight is 707 g/mol. The van der Waals surface area contributed by atoms with Gasteiger partial charge < -0.3 is 106 Å². The van der Waals surface area contributed by atoms with Crippen molar-refractivity contribution >= 4 is 42.3 Å². The molecule has 22 heteroatoms. The summed E-state index contributed by atoms with van der Waals surface area (Å²) >= 11 is 0. The smallest absolute Gasteiger partial charge is 0.547 e. The Labute approximate surface area is 241 Å². The first-order valence-corrected chi connectivity index (χ1v) is 10.4. The van der Waals surface area contributed by atoms with Gasteiger partial charge in [-0.1, -0.05) is 0 Å². The number of aliphatic hydroxyl groups excluding tert-OH is 15. The van der Waals surface area contributed by atoms with Gasteiger partial charge in [0, 0.05) is 0 Å². The number of aliphatic hydroxyl groups is 15. The molecule has 40 heavy (non-hydrogen) atoms. The zero-order valence-corrected chi connectivity index (χ0v) is 22.7. The third-order valence-corrected chi connectivity index (χ3v) is 4.49. The first kappa shape index (κ1) is 45.6. The zero-order chi connectivity index (χ0) is 31.8. The van der Waals surface area contributed by atoms with Gasteiger partial charge in [-0.2, -0.15) is 0 Å². The zero-order valence-electron chi connectivity index (χ0n) is 20.2. The van der Waals surface area contributed by atoms with Crippen molar-refractivity contribution in [2.24, 2.45) is 0 Å². The van der Waals surface area contributed by atoms with Gasteiger partial charge in [0.25, 0.3) is 0 Å². The molecule has 15 N–H and O–H groups in total. The van der Waals surface area contributed by atoms with E-state index in [4.69, 9.17) is 76.6 Å². The third kappa shape index (κ3) is 16.8. The standard InChI is InChI=1S/3C6H12O7.Sb/c3*7-1-2(8)3(9)4(10)5(11)6(12)13;/h3*2-5,7-11H,1H2,(H,12,13);/q;;;+3/p-3. The fourth-order valence-corrected chi connectivity index (χ4v) is 1.99. The van der Waals surface area contributed by atoms with E-state index in [0.29, 0.717) is 0 Å². The number of carbonyl (C=O) groups excluding carboxylic acids is 3. The Morgan fingerprint density at radius 3 is 0.650 bits per heavy atom. The van der Waals surface area contributed by atoms with E-state index in [-0.39, 0.29) is 24.4 Å². The summed E-state index contributed by atoms with van der Waals surface area (Å²) in [5.74, 6) is -5.93. The second kappa shape index (κ2) is 23.2. The van der Waals surface area contributed by atoms with E-state index in [0.717, 1.165) is 0 Å². The molecule has 0 saturated carbocycles. The number of carbonyl (C=O) groups is 3. The minimum atomic E-state index is -2.31. The average Bonchev–Trinajstić information content (AvgIpc) is 2.92. The second-order valence-electron chi connectivity index (χ2n) is 7.48. The summed E-state index contributed by atoms with van der Waals surface area (Å²) in [6, 6.07) is 0. The number of carboxylic acid groups (broad SMARTS) is 3. The van der Waals surface area contributed by atoms with Crippen molar-refractivity contribution in [1.29, 1.82) is 0 Å². The van der Waals surface area contributed by atoms with Crippen LogP contribution in [0.4, 0.5) is 0 Å². The Morgan fingerprint density at radius 2 is 0.550 bits per heavy atom. The van der Waals surface area contributed by atoms with Gasteiger partial charge in [-0.25, -0.2) is 0 Å². The molecule has 0 amide bonds. The van der Waals surface area contributed by atoms with Gasteiger partial charge in [0.1, 0.15) is 73.2 Å². The van der Waals surface area contributed by atoms with E-state index in [1.807, 2.05) is 0 Å². The molecule has 0 rings (SSSR count). The molecule has 0 spiro atoms. The van der Waals surface area contributed by atoms with Gasteiger partial charge in [-0.15, -0.1) is 0 Å². The molecule has 0 aromatic heterocycles. The van der Waals surface area contributed by atoms with Crippen LogP contribution in [0, 0.1) is 0 Å². The predicted octanol–water partition coefficient (Wildman–Crippen LogP) is -14.9. The van der Waals surface area contributed by atoms with Crippen LogP contribution in [0.5, 0.6) is 0 Å². The molecule has 0 aromatic rings. The topological polar surface area (TPSA) is 424 Å². The molecule has 12 unspecified atom stereocenters. The molecule has 12 atom stereocenters. The van der Waals surface area contributed by atoms with Gasteiger partial charge in [0.2, 0.25) is 0 Å². The Hall–Kier alpha value is -1.37. The summed E-state index contributed by atoms with van der Waals surface area (Å²) in [6.07, 6.45) is -24.2. The van der Waals surface area contributed by atoms with Gasteiger partial charge >= 0.3 is 24.4 Å². The SMILES string of the molecule is O=C([O-])C(O)C(O)C(O)C(O)CO.O=C([O-])C(O)C(O)C(O)C(O)CO.O=C([O-])C(O)C(O)C(O)C(O)CO.[Sb+3]. The van der Waals surface area contributed by atoms with Crippen LogP contribution in [0.25, 0.3) is 0 Å². The summed E-state index contributed by atoms with van der Waals surface area (Å²) in [7, 11) is 0. The molecular formula is C18H33O21Sb. The summed E-state index contributed by atoms with van der Waals surface area (Å²) in [5, 5.41) is 160. The summed E-state index contributed by atoms with van der Waals surface area (Å²) in [5.41, 5.74) is 0. The van der Waals surface area contributed by atoms with E-state index >= 15 is 0 Å². The molecule has 236 valence electrons. The molecule has 0 aliphatic heterocycles. The van der Waals surface area contributed by atoms with Crippen LogP contribution in [-0.2, 0) is 14.4 Å². The molecule has 0 aliphatic carbocycles. The molecule has 0 bridgehead atoms. The molecule has 0 aliphatic rings. The largest absolute Gasteiger partial charge is 3.00 e. The van der Waals surface area contributed by atoms with E-state index in [1.165, 1.54) is 0 Å². The fraction of sp³-hybridized carbons (Fsp3) is 0.833. The third-order valence-electron chi connectivity index (χ3n) is 4.49. The first-order valence-electron chi connectivity index (χ1n) is 10.4. The monoisotopic (exact) mass is 706 g/mol. The van der Waals surface area contributed by atoms with E-state index in [9.17, 15) is 29.7 Å². The van der Waals surface area contributed by atoms with Crippen LogP contribution in [0.2, 0.25) is 0 Å². The second-order valence-corrected chi connectivity index (χ2v) is 7.48. The van der Waals surface area contributed by atoms with Crippen LogP contribution >= 0.6 is 0 Å². The fourth-order valence-electron chi connectivity index (χ4n) is 1.99. The summed E-state index contributed by atoms with van der Waals surface area (Å²) in [6.45, 7) is -2.59. The van der Waals surface area contributed by atoms with Crippen molar-refractivity contribution in [3.63, 3.8) is 0 Å². The van der Waals surface area contributed by atoms with Crippen LogP contribution < -0.4 is 15.3 Å². The molecule has 2 radical (unpaired) electrons. The van der Waals surface area contributed by atoms with Crippen molar-refractivity contribution in [2.45, 2.75) is 73.2 Å². The van der Waals surface area contributed by atoms with Crippen LogP contribution in [0.15, 0.2) is 0 Å². The molecule has 21 nitrogen and oxygen atoms in total. The van der Waals surface area contributed by atoms with Gasteiger partial charge in [-0.3, -0.25) is 0 Å². The number of carboxylic acids is 3. The van der Waals surface area contributed by atoms with E-state index < -0.39 is 111 Å². The van der Waals surface area contributed by atoms with Gasteiger partial charge in [0.05, 0.1) is 37.7 Å². The normalized spacial score (nSPS) is 19.9. The summed E-state index contributed by atoms with van der Waals surface area (Å²) in [4.78, 5) is 29.9. The van der Waals surface area contributed by atoms with Crippen LogP contribution in [-0.4, -0.2) is 212 Å². The number of hydrogen-bond acceptors (Lipinski definition) is 21. The predicted molar refractivity (Wildman–Crippen MR) is 114 cm³/mol. The Morgan fingerprint density at radius 1 is 0.400 bits per heavy atom. The maximum atomic E-state index is 9.98. The van der Waals surface area contributed by atoms with Gasteiger partial charge in [0.15, 0.2) is 0 Å². The molecule has 0 fully saturated rings. The van der Waals surface area contributed by atoms with Crippen LogP contribution in [0.3, 0.4) is 0 Å². The number of rotatable bonds is 15. The molecular weight excluding hydrogens is 674 g/mol. The Balaban J connectivity index is -0.000000240. The Kier molecular flexibility index (Phi) is 26.5. The van der Waals surface area contributed by atoms with E-state index in [2.05, 4.69) is 0 Å². The van der Waals surface area contributed by atoms with Crippen molar-refractivity contribution in [3.05, 3.63) is 0 Å².